The van der Waals surface area contributed by atoms with Crippen molar-refractivity contribution < 1.29 is 18.7 Å². The summed E-state index contributed by atoms with van der Waals surface area (Å²) in [5, 5.41) is 1.86. The molecular weight excluding hydrogens is 292 g/mol. The van der Waals surface area contributed by atoms with E-state index in [-0.39, 0.29) is 18.1 Å². The number of oxazole rings is 1. The number of esters is 1. The van der Waals surface area contributed by atoms with Gasteiger partial charge in [-0.3, -0.25) is 4.79 Å². The number of amides is 1. The number of aromatic nitrogens is 1. The van der Waals surface area contributed by atoms with Gasteiger partial charge in [-0.05, 0) is 17.9 Å². The summed E-state index contributed by atoms with van der Waals surface area (Å²) in [6, 6.07) is 3.62. The Morgan fingerprint density at radius 1 is 1.48 bits per heavy atom. The Morgan fingerprint density at radius 2 is 2.29 bits per heavy atom. The summed E-state index contributed by atoms with van der Waals surface area (Å²) in [5.74, 6) is -0.310. The van der Waals surface area contributed by atoms with Gasteiger partial charge in [-0.2, -0.15) is 0 Å². The van der Waals surface area contributed by atoms with Crippen molar-refractivity contribution in [1.29, 1.82) is 0 Å². The number of hydrogen-bond donors (Lipinski definition) is 0. The quantitative estimate of drug-likeness (QED) is 0.767. The molecule has 0 spiro atoms. The summed E-state index contributed by atoms with van der Waals surface area (Å²) in [6.07, 6.45) is 2.06. The van der Waals surface area contributed by atoms with Crippen molar-refractivity contribution >= 4 is 23.2 Å². The summed E-state index contributed by atoms with van der Waals surface area (Å²) in [4.78, 5) is 30.1. The lowest BCUT2D eigenvalue weighted by atomic mass is 10.3. The fourth-order valence-electron chi connectivity index (χ4n) is 1.82. The highest BCUT2D eigenvalue weighted by Crippen LogP contribution is 2.15. The smallest absolute Gasteiger partial charge is 0.360 e. The van der Waals surface area contributed by atoms with Gasteiger partial charge in [0, 0.05) is 6.54 Å². The lowest BCUT2D eigenvalue weighted by molar-refractivity contribution is 0.0594. The van der Waals surface area contributed by atoms with E-state index in [1.807, 2.05) is 18.4 Å². The Morgan fingerprint density at radius 3 is 2.90 bits per heavy atom. The molecule has 0 aromatic carbocycles. The van der Waals surface area contributed by atoms with Crippen LogP contribution in [0.1, 0.15) is 39.4 Å². The average Bonchev–Trinajstić information content (AvgIpc) is 3.16. The van der Waals surface area contributed by atoms with Gasteiger partial charge in [0.2, 0.25) is 5.89 Å². The zero-order valence-electron chi connectivity index (χ0n) is 11.9. The van der Waals surface area contributed by atoms with Gasteiger partial charge >= 0.3 is 5.97 Å². The second-order valence-corrected chi connectivity index (χ2v) is 5.27. The van der Waals surface area contributed by atoms with E-state index in [1.54, 1.807) is 11.0 Å². The SMILES string of the molecule is CCCN(Cc1nc(C(=O)OC)co1)C(=O)c1cccs1. The van der Waals surface area contributed by atoms with Crippen LogP contribution < -0.4 is 0 Å². The molecule has 0 N–H and O–H groups in total. The molecule has 6 nitrogen and oxygen atoms in total. The topological polar surface area (TPSA) is 72.6 Å². The molecule has 0 saturated heterocycles. The predicted octanol–water partition coefficient (Wildman–Crippen LogP) is 2.58. The molecule has 2 aromatic rings. The van der Waals surface area contributed by atoms with Crippen LogP contribution in [0.25, 0.3) is 0 Å². The van der Waals surface area contributed by atoms with Gasteiger partial charge in [0.25, 0.3) is 5.91 Å². The number of ether oxygens (including phenoxy) is 1. The molecule has 0 aliphatic rings. The van der Waals surface area contributed by atoms with Gasteiger partial charge in [-0.25, -0.2) is 9.78 Å². The number of rotatable bonds is 6. The molecule has 0 radical (unpaired) electrons. The lowest BCUT2D eigenvalue weighted by Gasteiger charge is -2.19. The Labute approximate surface area is 126 Å². The molecule has 21 heavy (non-hydrogen) atoms. The van der Waals surface area contributed by atoms with Crippen LogP contribution >= 0.6 is 11.3 Å². The van der Waals surface area contributed by atoms with E-state index in [0.717, 1.165) is 6.42 Å². The minimum absolute atomic E-state index is 0.0651. The van der Waals surface area contributed by atoms with Crippen molar-refractivity contribution in [2.45, 2.75) is 19.9 Å². The molecule has 2 rings (SSSR count). The van der Waals surface area contributed by atoms with Crippen LogP contribution in [0.2, 0.25) is 0 Å². The maximum absolute atomic E-state index is 12.4. The third-order valence-electron chi connectivity index (χ3n) is 2.79. The summed E-state index contributed by atoms with van der Waals surface area (Å²) < 4.78 is 9.80. The van der Waals surface area contributed by atoms with E-state index in [0.29, 0.717) is 17.3 Å². The second-order valence-electron chi connectivity index (χ2n) is 4.32. The molecule has 0 saturated carbocycles. The fourth-order valence-corrected chi connectivity index (χ4v) is 2.51. The third kappa shape index (κ3) is 3.69. The number of carbonyl (C=O) groups excluding carboxylic acids is 2. The molecule has 112 valence electrons. The van der Waals surface area contributed by atoms with Crippen LogP contribution in [0.4, 0.5) is 0 Å². The standard InChI is InChI=1S/C14H16N2O4S/c1-3-6-16(13(17)11-5-4-7-21-11)8-12-15-10(9-20-12)14(18)19-2/h4-5,7,9H,3,6,8H2,1-2H3. The second kappa shape index (κ2) is 7.03. The zero-order valence-corrected chi connectivity index (χ0v) is 12.7. The summed E-state index contributed by atoms with van der Waals surface area (Å²) >= 11 is 1.39. The van der Waals surface area contributed by atoms with Crippen LogP contribution in [0.3, 0.4) is 0 Å². The molecule has 0 aliphatic heterocycles. The Balaban J connectivity index is 2.11. The maximum atomic E-state index is 12.4. The number of methoxy groups -OCH3 is 1. The molecular formula is C14H16N2O4S. The molecule has 0 fully saturated rings. The average molecular weight is 308 g/mol. The molecule has 1 amide bonds. The van der Waals surface area contributed by atoms with Crippen molar-refractivity contribution in [3.8, 4) is 0 Å². The Kier molecular flexibility index (Phi) is 5.10. The number of thiophene rings is 1. The van der Waals surface area contributed by atoms with Crippen molar-refractivity contribution in [2.24, 2.45) is 0 Å². The number of carbonyl (C=O) groups is 2. The first kappa shape index (κ1) is 15.2. The monoisotopic (exact) mass is 308 g/mol. The minimum Gasteiger partial charge on any atom is -0.464 e. The minimum atomic E-state index is -0.559. The van der Waals surface area contributed by atoms with Gasteiger partial charge in [0.1, 0.15) is 6.26 Å². The normalized spacial score (nSPS) is 10.4. The molecule has 2 aromatic heterocycles. The highest BCUT2D eigenvalue weighted by atomic mass is 32.1. The first-order chi connectivity index (χ1) is 10.2. The van der Waals surface area contributed by atoms with E-state index < -0.39 is 5.97 Å². The van der Waals surface area contributed by atoms with Crippen LogP contribution in [0, 0.1) is 0 Å². The van der Waals surface area contributed by atoms with Gasteiger partial charge in [0.15, 0.2) is 5.69 Å². The molecule has 0 unspecified atom stereocenters. The first-order valence-corrected chi connectivity index (χ1v) is 7.39. The summed E-state index contributed by atoms with van der Waals surface area (Å²) in [7, 11) is 1.28. The number of hydrogen-bond acceptors (Lipinski definition) is 6. The Hall–Kier alpha value is -2.15. The van der Waals surface area contributed by atoms with Crippen LogP contribution in [-0.2, 0) is 11.3 Å². The fraction of sp³-hybridized carbons (Fsp3) is 0.357. The summed E-state index contributed by atoms with van der Waals surface area (Å²) in [6.45, 7) is 2.80. The van der Waals surface area contributed by atoms with E-state index in [2.05, 4.69) is 9.72 Å². The van der Waals surface area contributed by atoms with Gasteiger partial charge in [-0.1, -0.05) is 13.0 Å². The molecule has 0 atom stereocenters. The third-order valence-corrected chi connectivity index (χ3v) is 3.64. The zero-order chi connectivity index (χ0) is 15.2. The predicted molar refractivity (Wildman–Crippen MR) is 77.2 cm³/mol. The van der Waals surface area contributed by atoms with Crippen molar-refractivity contribution in [1.82, 2.24) is 9.88 Å². The summed E-state index contributed by atoms with van der Waals surface area (Å²) in [5.41, 5.74) is 0.104. The van der Waals surface area contributed by atoms with Gasteiger partial charge < -0.3 is 14.1 Å². The molecule has 2 heterocycles. The largest absolute Gasteiger partial charge is 0.464 e. The number of nitrogens with zero attached hydrogens (tertiary/aromatic N) is 2. The molecule has 0 aliphatic carbocycles. The van der Waals surface area contributed by atoms with Crippen LogP contribution in [-0.4, -0.2) is 35.4 Å². The van der Waals surface area contributed by atoms with Crippen LogP contribution in [0.15, 0.2) is 28.2 Å². The van der Waals surface area contributed by atoms with Crippen LogP contribution in [0.5, 0.6) is 0 Å². The highest BCUT2D eigenvalue weighted by molar-refractivity contribution is 7.12. The van der Waals surface area contributed by atoms with Crippen molar-refractivity contribution in [3.05, 3.63) is 40.2 Å². The molecule has 0 bridgehead atoms. The lowest BCUT2D eigenvalue weighted by Crippen LogP contribution is -2.30. The highest BCUT2D eigenvalue weighted by Gasteiger charge is 2.20. The van der Waals surface area contributed by atoms with E-state index in [1.165, 1.54) is 24.7 Å². The van der Waals surface area contributed by atoms with E-state index >= 15 is 0 Å². The van der Waals surface area contributed by atoms with E-state index in [4.69, 9.17) is 4.42 Å². The van der Waals surface area contributed by atoms with Crippen molar-refractivity contribution in [2.75, 3.05) is 13.7 Å². The Bertz CT molecular complexity index is 606. The van der Waals surface area contributed by atoms with Gasteiger partial charge in [-0.15, -0.1) is 11.3 Å². The van der Waals surface area contributed by atoms with Gasteiger partial charge in [0.05, 0.1) is 18.5 Å². The first-order valence-electron chi connectivity index (χ1n) is 6.51. The maximum Gasteiger partial charge on any atom is 0.360 e. The van der Waals surface area contributed by atoms with Crippen molar-refractivity contribution in [3.63, 3.8) is 0 Å². The molecule has 7 heteroatoms. The van der Waals surface area contributed by atoms with E-state index in [9.17, 15) is 9.59 Å².